The molecule has 0 atom stereocenters. The van der Waals surface area contributed by atoms with Gasteiger partial charge < -0.3 is 24.3 Å². The highest BCUT2D eigenvalue weighted by atomic mass is 19.4. The van der Waals surface area contributed by atoms with E-state index in [1.807, 2.05) is 0 Å². The maximum Gasteiger partial charge on any atom is 0.449 e. The lowest BCUT2D eigenvalue weighted by Crippen LogP contribution is -2.63. The Morgan fingerprint density at radius 1 is 1.50 bits per heavy atom. The highest BCUT2D eigenvalue weighted by Gasteiger charge is 2.41. The Hall–Kier alpha value is -2.41. The maximum atomic E-state index is 12.9. The first kappa shape index (κ1) is 17.9. The van der Waals surface area contributed by atoms with Crippen LogP contribution in [0, 0.1) is 10.1 Å². The molecular formula is C11H15F3N6O4. The van der Waals surface area contributed by atoms with Crippen molar-refractivity contribution in [1.82, 2.24) is 19.8 Å². The van der Waals surface area contributed by atoms with Gasteiger partial charge in [-0.3, -0.25) is 0 Å². The van der Waals surface area contributed by atoms with Crippen molar-refractivity contribution in [3.05, 3.63) is 28.3 Å². The van der Waals surface area contributed by atoms with Gasteiger partial charge in [0.15, 0.2) is 5.03 Å². The van der Waals surface area contributed by atoms with Gasteiger partial charge in [0, 0.05) is 26.6 Å². The largest absolute Gasteiger partial charge is 0.449 e. The molecule has 2 heterocycles. The molecule has 10 nitrogen and oxygen atoms in total. The van der Waals surface area contributed by atoms with Crippen molar-refractivity contribution in [2.75, 3.05) is 27.3 Å². The topological polar surface area (TPSA) is 107 Å². The third-order valence-corrected chi connectivity index (χ3v) is 3.46. The zero-order valence-corrected chi connectivity index (χ0v) is 12.8. The molecule has 1 aromatic heterocycles. The summed E-state index contributed by atoms with van der Waals surface area (Å²) in [6, 6.07) is 0. The Kier molecular flexibility index (Phi) is 4.94. The second-order valence-corrected chi connectivity index (χ2v) is 4.89. The van der Waals surface area contributed by atoms with Crippen LogP contribution in [-0.2, 0) is 22.3 Å². The van der Waals surface area contributed by atoms with Crippen LogP contribution >= 0.6 is 0 Å². The van der Waals surface area contributed by atoms with E-state index in [2.05, 4.69) is 15.4 Å². The van der Waals surface area contributed by atoms with Crippen molar-refractivity contribution >= 4 is 5.96 Å². The van der Waals surface area contributed by atoms with Crippen LogP contribution in [-0.4, -0.2) is 58.5 Å². The van der Waals surface area contributed by atoms with Crippen LogP contribution < -0.4 is 5.32 Å². The first-order valence-electron chi connectivity index (χ1n) is 6.61. The monoisotopic (exact) mass is 352 g/mol. The molecule has 1 fully saturated rings. The second kappa shape index (κ2) is 6.60. The zero-order valence-electron chi connectivity index (χ0n) is 12.8. The molecule has 0 aromatic carbocycles. The number of hydrazone groups is 1. The average Bonchev–Trinajstić information content (AvgIpc) is 2.97. The minimum absolute atomic E-state index is 0.0409. The molecule has 13 heteroatoms. The summed E-state index contributed by atoms with van der Waals surface area (Å²) in [4.78, 5) is 15.1. The van der Waals surface area contributed by atoms with Crippen molar-refractivity contribution in [1.29, 1.82) is 0 Å². The number of hydrogen-bond acceptors (Lipinski definition) is 5. The molecule has 0 spiro atoms. The first-order valence-corrected chi connectivity index (χ1v) is 6.61. The fourth-order valence-electron chi connectivity index (χ4n) is 2.26. The number of ether oxygens (including phenoxy) is 2. The van der Waals surface area contributed by atoms with E-state index in [0.29, 0.717) is 0 Å². The fraction of sp³-hybridized carbons (Fsp3) is 0.636. The summed E-state index contributed by atoms with van der Waals surface area (Å²) in [6.07, 6.45) is -2.56. The molecule has 1 N–H and O–H groups in total. The molecular weight excluding hydrogens is 337 g/mol. The van der Waals surface area contributed by atoms with Crippen LogP contribution in [0.15, 0.2) is 17.5 Å². The van der Waals surface area contributed by atoms with E-state index in [0.717, 1.165) is 17.0 Å². The minimum atomic E-state index is -4.66. The van der Waals surface area contributed by atoms with E-state index in [4.69, 9.17) is 9.47 Å². The molecule has 0 unspecified atom stereocenters. The van der Waals surface area contributed by atoms with Gasteiger partial charge in [0.1, 0.15) is 5.10 Å². The summed E-state index contributed by atoms with van der Waals surface area (Å²) < 4.78 is 50.0. The molecule has 24 heavy (non-hydrogen) atoms. The maximum absolute atomic E-state index is 12.9. The molecule has 0 saturated carbocycles. The number of hydrogen-bond donors (Lipinski definition) is 1. The standard InChI is InChI=1S/C11H15F3N6O4/c1-23-10(24-2)5-16-9(17-20(21)22)19(6-10)7-18-4-3-15-8(18)11(12,13)14/h3-4H,5-7H2,1-2H3,(H,16,17). The van der Waals surface area contributed by atoms with Gasteiger partial charge in [0.25, 0.3) is 5.96 Å². The van der Waals surface area contributed by atoms with Crippen molar-refractivity contribution in [3.63, 3.8) is 0 Å². The number of alkyl halides is 3. The van der Waals surface area contributed by atoms with Gasteiger partial charge in [0.05, 0.1) is 19.8 Å². The zero-order chi connectivity index (χ0) is 18.0. The number of aromatic nitrogens is 2. The average molecular weight is 352 g/mol. The second-order valence-electron chi connectivity index (χ2n) is 4.89. The summed E-state index contributed by atoms with van der Waals surface area (Å²) >= 11 is 0. The number of methoxy groups -OCH3 is 2. The highest BCUT2D eigenvalue weighted by molar-refractivity contribution is 5.80. The van der Waals surface area contributed by atoms with Crippen molar-refractivity contribution < 1.29 is 27.7 Å². The third-order valence-electron chi connectivity index (χ3n) is 3.46. The Morgan fingerprint density at radius 2 is 2.17 bits per heavy atom. The predicted octanol–water partition coefficient (Wildman–Crippen LogP) is 0.301. The number of guanidine groups is 1. The molecule has 1 aliphatic rings. The first-order chi connectivity index (χ1) is 11.2. The number of halogens is 3. The van der Waals surface area contributed by atoms with Crippen LogP contribution in [0.1, 0.15) is 5.82 Å². The highest BCUT2D eigenvalue weighted by Crippen LogP contribution is 2.28. The Morgan fingerprint density at radius 3 is 2.71 bits per heavy atom. The van der Waals surface area contributed by atoms with Gasteiger partial charge in [-0.2, -0.15) is 13.2 Å². The molecule has 2 rings (SSSR count). The van der Waals surface area contributed by atoms with Crippen molar-refractivity contribution in [2.24, 2.45) is 5.10 Å². The van der Waals surface area contributed by atoms with Crippen LogP contribution in [0.5, 0.6) is 0 Å². The smallest absolute Gasteiger partial charge is 0.350 e. The fourth-order valence-corrected chi connectivity index (χ4v) is 2.26. The van der Waals surface area contributed by atoms with Crippen LogP contribution in [0.2, 0.25) is 0 Å². The normalized spacial score (nSPS) is 19.4. The molecule has 0 amide bonds. The molecule has 134 valence electrons. The molecule has 0 aliphatic carbocycles. The molecule has 0 radical (unpaired) electrons. The summed E-state index contributed by atoms with van der Waals surface area (Å²) in [5, 5.41) is 15.5. The Bertz CT molecular complexity index is 628. The Balaban J connectivity index is 2.31. The number of rotatable bonds is 5. The van der Waals surface area contributed by atoms with E-state index in [1.54, 1.807) is 0 Å². The third kappa shape index (κ3) is 3.73. The number of imidazole rings is 1. The van der Waals surface area contributed by atoms with Gasteiger partial charge in [-0.05, 0) is 0 Å². The minimum Gasteiger partial charge on any atom is -0.350 e. The molecule has 0 bridgehead atoms. The summed E-state index contributed by atoms with van der Waals surface area (Å²) in [7, 11) is 2.72. The number of nitro groups is 1. The number of nitrogens with zero attached hydrogens (tertiary/aromatic N) is 5. The quantitative estimate of drug-likeness (QED) is 0.461. The van der Waals surface area contributed by atoms with E-state index in [9.17, 15) is 23.3 Å². The lowest BCUT2D eigenvalue weighted by Gasteiger charge is -2.41. The molecule has 1 saturated heterocycles. The van der Waals surface area contributed by atoms with Crippen molar-refractivity contribution in [3.8, 4) is 0 Å². The van der Waals surface area contributed by atoms with E-state index in [-0.39, 0.29) is 25.7 Å². The Labute approximate surface area is 134 Å². The van der Waals surface area contributed by atoms with E-state index in [1.165, 1.54) is 19.1 Å². The predicted molar refractivity (Wildman–Crippen MR) is 73.1 cm³/mol. The summed E-state index contributed by atoms with van der Waals surface area (Å²) in [5.74, 6) is -2.52. The van der Waals surface area contributed by atoms with Gasteiger partial charge in [-0.15, -0.1) is 0 Å². The van der Waals surface area contributed by atoms with Crippen LogP contribution in [0.3, 0.4) is 0 Å². The summed E-state index contributed by atoms with van der Waals surface area (Å²) in [6.45, 7) is -0.419. The lowest BCUT2D eigenvalue weighted by atomic mass is 10.2. The van der Waals surface area contributed by atoms with Crippen molar-refractivity contribution in [2.45, 2.75) is 18.6 Å². The van der Waals surface area contributed by atoms with Crippen LogP contribution in [0.25, 0.3) is 0 Å². The SMILES string of the molecule is COC1(OC)CN/C(=N\[N+](=O)[O-])N(Cn2ccnc2C(F)(F)F)C1. The molecule has 1 aromatic rings. The van der Waals surface area contributed by atoms with Gasteiger partial charge in [-0.1, -0.05) is 0 Å². The lowest BCUT2D eigenvalue weighted by molar-refractivity contribution is -0.486. The van der Waals surface area contributed by atoms with Gasteiger partial charge in [-0.25, -0.2) is 15.1 Å². The van der Waals surface area contributed by atoms with Gasteiger partial charge in [0.2, 0.25) is 11.6 Å². The van der Waals surface area contributed by atoms with Crippen LogP contribution in [0.4, 0.5) is 13.2 Å². The number of nitrogens with one attached hydrogen (secondary N) is 1. The van der Waals surface area contributed by atoms with E-state index < -0.39 is 22.8 Å². The van der Waals surface area contributed by atoms with Gasteiger partial charge >= 0.3 is 6.18 Å². The van der Waals surface area contributed by atoms with E-state index >= 15 is 0 Å². The molecule has 1 aliphatic heterocycles. The summed E-state index contributed by atoms with van der Waals surface area (Å²) in [5.41, 5.74) is 0.